The highest BCUT2D eigenvalue weighted by Gasteiger charge is 2.38. The van der Waals surface area contributed by atoms with Crippen LogP contribution in [0, 0.1) is 0 Å². The van der Waals surface area contributed by atoms with Gasteiger partial charge >= 0.3 is 0 Å². The molecule has 1 aromatic rings. The third-order valence-corrected chi connectivity index (χ3v) is 4.77. The predicted molar refractivity (Wildman–Crippen MR) is 90.6 cm³/mol. The SMILES string of the molecule is O=CC1=CC2c3cc(C=O)ccc3N(C3=CC=CCC3)C2C=C1. The number of benzene rings is 1. The summed E-state index contributed by atoms with van der Waals surface area (Å²) in [7, 11) is 0. The number of fused-ring (bicyclic) bond motifs is 3. The Bertz CT molecular complexity index is 798. The first kappa shape index (κ1) is 13.9. The van der Waals surface area contributed by atoms with E-state index < -0.39 is 0 Å². The minimum Gasteiger partial charge on any atom is -0.337 e. The van der Waals surface area contributed by atoms with Crippen molar-refractivity contribution in [3.63, 3.8) is 0 Å². The molecule has 0 aromatic heterocycles. The van der Waals surface area contributed by atoms with E-state index in [-0.39, 0.29) is 12.0 Å². The van der Waals surface area contributed by atoms with Crippen molar-refractivity contribution in [3.8, 4) is 0 Å². The molecule has 1 heterocycles. The first-order chi connectivity index (χ1) is 11.3. The van der Waals surface area contributed by atoms with Crippen LogP contribution in [0.25, 0.3) is 0 Å². The Morgan fingerprint density at radius 3 is 2.83 bits per heavy atom. The van der Waals surface area contributed by atoms with Crippen LogP contribution in [0.1, 0.15) is 34.7 Å². The minimum absolute atomic E-state index is 0.113. The number of hydrogen-bond acceptors (Lipinski definition) is 3. The number of allylic oxidation sites excluding steroid dienone is 6. The van der Waals surface area contributed by atoms with E-state index in [1.54, 1.807) is 0 Å². The van der Waals surface area contributed by atoms with Crippen LogP contribution in [0.5, 0.6) is 0 Å². The molecule has 0 radical (unpaired) electrons. The average Bonchev–Trinajstić information content (AvgIpc) is 2.95. The zero-order chi connectivity index (χ0) is 15.8. The van der Waals surface area contributed by atoms with Gasteiger partial charge in [0.25, 0.3) is 0 Å². The van der Waals surface area contributed by atoms with Gasteiger partial charge in [0.15, 0.2) is 0 Å². The zero-order valence-corrected chi connectivity index (χ0v) is 12.7. The first-order valence-corrected chi connectivity index (χ1v) is 7.91. The Hall–Kier alpha value is -2.68. The average molecular weight is 303 g/mol. The van der Waals surface area contributed by atoms with Crippen LogP contribution in [-0.2, 0) is 4.79 Å². The molecule has 3 aliphatic rings. The van der Waals surface area contributed by atoms with Crippen molar-refractivity contribution in [1.82, 2.24) is 0 Å². The molecule has 0 amide bonds. The van der Waals surface area contributed by atoms with Crippen LogP contribution in [-0.4, -0.2) is 18.6 Å². The number of aldehydes is 2. The number of nitrogens with zero attached hydrogens (tertiary/aromatic N) is 1. The van der Waals surface area contributed by atoms with Crippen LogP contribution in [0.2, 0.25) is 0 Å². The van der Waals surface area contributed by atoms with E-state index >= 15 is 0 Å². The maximum Gasteiger partial charge on any atom is 0.150 e. The van der Waals surface area contributed by atoms with E-state index in [1.165, 1.54) is 5.70 Å². The van der Waals surface area contributed by atoms with Gasteiger partial charge in [0.2, 0.25) is 0 Å². The van der Waals surface area contributed by atoms with Crippen molar-refractivity contribution in [2.45, 2.75) is 24.8 Å². The molecule has 0 saturated carbocycles. The molecule has 2 aliphatic carbocycles. The van der Waals surface area contributed by atoms with E-state index in [0.29, 0.717) is 11.1 Å². The van der Waals surface area contributed by atoms with E-state index in [1.807, 2.05) is 30.4 Å². The van der Waals surface area contributed by atoms with Crippen molar-refractivity contribution >= 4 is 18.3 Å². The monoisotopic (exact) mass is 303 g/mol. The van der Waals surface area contributed by atoms with Gasteiger partial charge in [-0.2, -0.15) is 0 Å². The molecule has 1 aromatic carbocycles. The Morgan fingerprint density at radius 1 is 1.17 bits per heavy atom. The van der Waals surface area contributed by atoms with Gasteiger partial charge in [0.05, 0.1) is 6.04 Å². The maximum atomic E-state index is 11.2. The number of hydrogen-bond donors (Lipinski definition) is 0. The maximum absolute atomic E-state index is 11.2. The molecule has 0 bridgehead atoms. The molecule has 0 N–H and O–H groups in total. The normalized spacial score (nSPS) is 24.6. The molecular weight excluding hydrogens is 286 g/mol. The van der Waals surface area contributed by atoms with Crippen molar-refractivity contribution in [1.29, 1.82) is 0 Å². The predicted octanol–water partition coefficient (Wildman–Crippen LogP) is 3.70. The quantitative estimate of drug-likeness (QED) is 0.799. The summed E-state index contributed by atoms with van der Waals surface area (Å²) in [4.78, 5) is 24.7. The summed E-state index contributed by atoms with van der Waals surface area (Å²) < 4.78 is 0. The Labute approximate surface area is 135 Å². The van der Waals surface area contributed by atoms with E-state index in [9.17, 15) is 9.59 Å². The van der Waals surface area contributed by atoms with Crippen molar-refractivity contribution in [2.24, 2.45) is 0 Å². The molecule has 23 heavy (non-hydrogen) atoms. The molecule has 0 spiro atoms. The summed E-state index contributed by atoms with van der Waals surface area (Å²) >= 11 is 0. The molecule has 0 fully saturated rings. The first-order valence-electron chi connectivity index (χ1n) is 7.91. The third kappa shape index (κ3) is 2.20. The Kier molecular flexibility index (Phi) is 3.34. The molecule has 3 heteroatoms. The highest BCUT2D eigenvalue weighted by Crippen LogP contribution is 2.47. The van der Waals surface area contributed by atoms with Gasteiger partial charge in [-0.3, -0.25) is 9.59 Å². The van der Waals surface area contributed by atoms with Gasteiger partial charge in [-0.25, -0.2) is 0 Å². The summed E-state index contributed by atoms with van der Waals surface area (Å²) in [5, 5.41) is 0. The van der Waals surface area contributed by atoms with Crippen molar-refractivity contribution in [3.05, 3.63) is 77.1 Å². The van der Waals surface area contributed by atoms with Gasteiger partial charge in [-0.1, -0.05) is 30.4 Å². The highest BCUT2D eigenvalue weighted by atomic mass is 16.1. The summed E-state index contributed by atoms with van der Waals surface area (Å²) in [6.07, 6.45) is 16.3. The fourth-order valence-corrected chi connectivity index (χ4v) is 3.72. The molecule has 0 saturated heterocycles. The summed E-state index contributed by atoms with van der Waals surface area (Å²) in [6, 6.07) is 6.02. The number of carbonyl (C=O) groups excluding carboxylic acids is 2. The zero-order valence-electron chi connectivity index (χ0n) is 12.7. The second-order valence-electron chi connectivity index (χ2n) is 6.09. The molecule has 114 valence electrons. The van der Waals surface area contributed by atoms with E-state index in [4.69, 9.17) is 0 Å². The summed E-state index contributed by atoms with van der Waals surface area (Å²) in [5.41, 5.74) is 4.93. The van der Waals surface area contributed by atoms with Crippen molar-refractivity contribution in [2.75, 3.05) is 4.90 Å². The largest absolute Gasteiger partial charge is 0.337 e. The van der Waals surface area contributed by atoms with Crippen LogP contribution in [0.3, 0.4) is 0 Å². The molecule has 1 aliphatic heterocycles. The van der Waals surface area contributed by atoms with Gasteiger partial charge in [-0.15, -0.1) is 0 Å². The fourth-order valence-electron chi connectivity index (χ4n) is 3.72. The lowest BCUT2D eigenvalue weighted by molar-refractivity contribution is -0.104. The van der Waals surface area contributed by atoms with Crippen LogP contribution >= 0.6 is 0 Å². The van der Waals surface area contributed by atoms with Crippen LogP contribution in [0.15, 0.2) is 65.9 Å². The van der Waals surface area contributed by atoms with Gasteiger partial charge in [0.1, 0.15) is 12.6 Å². The smallest absolute Gasteiger partial charge is 0.150 e. The molecule has 4 rings (SSSR count). The number of anilines is 1. The van der Waals surface area contributed by atoms with Gasteiger partial charge in [-0.05, 0) is 42.7 Å². The highest BCUT2D eigenvalue weighted by molar-refractivity contribution is 5.83. The molecule has 2 unspecified atom stereocenters. The van der Waals surface area contributed by atoms with Crippen LogP contribution in [0.4, 0.5) is 5.69 Å². The Morgan fingerprint density at radius 2 is 2.09 bits per heavy atom. The summed E-state index contributed by atoms with van der Waals surface area (Å²) in [6.45, 7) is 0. The van der Waals surface area contributed by atoms with Gasteiger partial charge < -0.3 is 4.90 Å². The standard InChI is InChI=1S/C20H17NO2/c22-12-14-6-8-19-17(10-14)18-11-15(13-23)7-9-20(18)21(19)16-4-2-1-3-5-16/h1-2,4,6-13,17,19H,3,5H2. The molecule has 3 nitrogen and oxygen atoms in total. The third-order valence-electron chi connectivity index (χ3n) is 4.77. The van der Waals surface area contributed by atoms with Crippen LogP contribution < -0.4 is 4.90 Å². The number of rotatable bonds is 3. The fraction of sp³-hybridized carbons (Fsp3) is 0.200. The Balaban J connectivity index is 1.86. The lowest BCUT2D eigenvalue weighted by atomic mass is 9.88. The molecule has 2 atom stereocenters. The molecular formula is C20H17NO2. The van der Waals surface area contributed by atoms with Gasteiger partial charge in [0, 0.05) is 28.4 Å². The second kappa shape index (κ2) is 5.51. The lowest BCUT2D eigenvalue weighted by Crippen LogP contribution is -2.33. The van der Waals surface area contributed by atoms with E-state index in [0.717, 1.165) is 36.7 Å². The summed E-state index contributed by atoms with van der Waals surface area (Å²) in [5.74, 6) is 0.113. The van der Waals surface area contributed by atoms with Crippen molar-refractivity contribution < 1.29 is 9.59 Å². The topological polar surface area (TPSA) is 37.4 Å². The lowest BCUT2D eigenvalue weighted by Gasteiger charge is -2.32. The minimum atomic E-state index is 0.113. The number of carbonyl (C=O) groups is 2. The second-order valence-corrected chi connectivity index (χ2v) is 6.09. The van der Waals surface area contributed by atoms with E-state index in [2.05, 4.69) is 29.2 Å².